The number of hydrogen-bond donors (Lipinski definition) is 1. The summed E-state index contributed by atoms with van der Waals surface area (Å²) in [5.74, 6) is 5.37. The van der Waals surface area contributed by atoms with Gasteiger partial charge in [-0.05, 0) is 44.1 Å². The summed E-state index contributed by atoms with van der Waals surface area (Å²) >= 11 is 0. The minimum absolute atomic E-state index is 0.540. The minimum atomic E-state index is 0.540. The average molecular weight is 191 g/mol. The first-order chi connectivity index (χ1) is 6.79. The van der Waals surface area contributed by atoms with Crippen LogP contribution in [0.5, 0.6) is 0 Å². The summed E-state index contributed by atoms with van der Waals surface area (Å²) in [4.78, 5) is 0. The van der Waals surface area contributed by atoms with Crippen LogP contribution in [0.15, 0.2) is 0 Å². The monoisotopic (exact) mass is 191 g/mol. The van der Waals surface area contributed by atoms with Crippen molar-refractivity contribution in [2.24, 2.45) is 17.8 Å². The Morgan fingerprint density at radius 2 is 2.14 bits per heavy atom. The van der Waals surface area contributed by atoms with Gasteiger partial charge in [0.1, 0.15) is 0 Å². The second-order valence-electron chi connectivity index (χ2n) is 5.11. The molecule has 0 bridgehead atoms. The third-order valence-corrected chi connectivity index (χ3v) is 3.85. The van der Waals surface area contributed by atoms with E-state index in [9.17, 15) is 0 Å². The molecule has 14 heavy (non-hydrogen) atoms. The number of hydrogen-bond acceptors (Lipinski definition) is 1. The van der Waals surface area contributed by atoms with Crippen molar-refractivity contribution in [2.45, 2.75) is 45.1 Å². The Hall–Kier alpha value is -0.480. The molecule has 0 radical (unpaired) electrons. The molecule has 2 saturated carbocycles. The van der Waals surface area contributed by atoms with Gasteiger partial charge in [0, 0.05) is 12.0 Å². The standard InChI is InChI=1S/C13H21N/c1-3-11-5-4-6-13(8-11)14-9-12-7-10(12)2/h1,10-14H,4-9H2,2H3. The Balaban J connectivity index is 1.67. The van der Waals surface area contributed by atoms with Gasteiger partial charge in [0.25, 0.3) is 0 Å². The molecule has 0 aliphatic heterocycles. The van der Waals surface area contributed by atoms with Crippen LogP contribution in [0.3, 0.4) is 0 Å². The molecule has 0 aromatic rings. The molecule has 0 spiro atoms. The van der Waals surface area contributed by atoms with E-state index < -0.39 is 0 Å². The summed E-state index contributed by atoms with van der Waals surface area (Å²) in [5, 5.41) is 3.68. The van der Waals surface area contributed by atoms with Crippen LogP contribution in [0, 0.1) is 30.1 Å². The normalized spacial score (nSPS) is 41.7. The van der Waals surface area contributed by atoms with E-state index in [2.05, 4.69) is 18.2 Å². The van der Waals surface area contributed by atoms with E-state index in [0.717, 1.165) is 11.8 Å². The molecule has 1 N–H and O–H groups in total. The van der Waals surface area contributed by atoms with E-state index in [0.29, 0.717) is 12.0 Å². The van der Waals surface area contributed by atoms with Crippen molar-refractivity contribution in [3.63, 3.8) is 0 Å². The fourth-order valence-corrected chi connectivity index (χ4v) is 2.53. The van der Waals surface area contributed by atoms with Crippen LogP contribution in [0.2, 0.25) is 0 Å². The van der Waals surface area contributed by atoms with Crippen LogP contribution in [-0.4, -0.2) is 12.6 Å². The molecule has 1 heteroatoms. The van der Waals surface area contributed by atoms with Gasteiger partial charge in [-0.15, -0.1) is 12.3 Å². The van der Waals surface area contributed by atoms with Crippen LogP contribution < -0.4 is 5.32 Å². The molecule has 0 amide bonds. The van der Waals surface area contributed by atoms with E-state index in [1.807, 2.05) is 0 Å². The molecule has 1 nitrogen and oxygen atoms in total. The summed E-state index contributed by atoms with van der Waals surface area (Å²) in [7, 11) is 0. The van der Waals surface area contributed by atoms with Gasteiger partial charge >= 0.3 is 0 Å². The lowest BCUT2D eigenvalue weighted by atomic mass is 9.86. The third-order valence-electron chi connectivity index (χ3n) is 3.85. The minimum Gasteiger partial charge on any atom is -0.314 e. The zero-order valence-electron chi connectivity index (χ0n) is 9.13. The summed E-state index contributed by atoms with van der Waals surface area (Å²) in [6.45, 7) is 3.57. The molecule has 4 unspecified atom stereocenters. The fraction of sp³-hybridized carbons (Fsp3) is 0.846. The fourth-order valence-electron chi connectivity index (χ4n) is 2.53. The Labute approximate surface area is 87.7 Å². The number of nitrogens with one attached hydrogen (secondary N) is 1. The van der Waals surface area contributed by atoms with Crippen molar-refractivity contribution in [3.8, 4) is 12.3 Å². The molecule has 2 fully saturated rings. The lowest BCUT2D eigenvalue weighted by Crippen LogP contribution is -2.35. The van der Waals surface area contributed by atoms with Gasteiger partial charge in [-0.25, -0.2) is 0 Å². The van der Waals surface area contributed by atoms with E-state index in [1.54, 1.807) is 0 Å². The molecule has 78 valence electrons. The lowest BCUT2D eigenvalue weighted by Gasteiger charge is -2.27. The van der Waals surface area contributed by atoms with E-state index in [4.69, 9.17) is 6.42 Å². The smallest absolute Gasteiger partial charge is 0.0215 e. The lowest BCUT2D eigenvalue weighted by molar-refractivity contribution is 0.325. The van der Waals surface area contributed by atoms with Gasteiger partial charge in [0.05, 0.1) is 0 Å². The van der Waals surface area contributed by atoms with Crippen LogP contribution in [-0.2, 0) is 0 Å². The van der Waals surface area contributed by atoms with Crippen molar-refractivity contribution < 1.29 is 0 Å². The Morgan fingerprint density at radius 3 is 2.79 bits per heavy atom. The predicted octanol–water partition coefficient (Wildman–Crippen LogP) is 2.42. The Kier molecular flexibility index (Phi) is 3.13. The van der Waals surface area contributed by atoms with Gasteiger partial charge < -0.3 is 5.32 Å². The van der Waals surface area contributed by atoms with Crippen LogP contribution in [0.4, 0.5) is 0 Å². The molecule has 0 aromatic heterocycles. The van der Waals surface area contributed by atoms with Gasteiger partial charge in [-0.1, -0.05) is 13.3 Å². The maximum atomic E-state index is 5.48. The van der Waals surface area contributed by atoms with Crippen molar-refractivity contribution in [2.75, 3.05) is 6.54 Å². The summed E-state index contributed by atoms with van der Waals surface area (Å²) in [5.41, 5.74) is 0. The molecular weight excluding hydrogens is 170 g/mol. The highest BCUT2D eigenvalue weighted by molar-refractivity contribution is 4.97. The third kappa shape index (κ3) is 2.51. The first-order valence-corrected chi connectivity index (χ1v) is 5.99. The van der Waals surface area contributed by atoms with Gasteiger partial charge in [-0.2, -0.15) is 0 Å². The summed E-state index contributed by atoms with van der Waals surface area (Å²) in [6, 6.07) is 0.706. The molecule has 2 aliphatic carbocycles. The largest absolute Gasteiger partial charge is 0.314 e. The molecule has 0 saturated heterocycles. The first kappa shape index (κ1) is 10.1. The summed E-state index contributed by atoms with van der Waals surface area (Å²) in [6.07, 6.45) is 12.0. The molecule has 4 atom stereocenters. The highest BCUT2D eigenvalue weighted by atomic mass is 14.9. The number of rotatable bonds is 3. The van der Waals surface area contributed by atoms with Crippen LogP contribution in [0.1, 0.15) is 39.0 Å². The second-order valence-corrected chi connectivity index (χ2v) is 5.11. The average Bonchev–Trinajstić information content (AvgIpc) is 2.92. The topological polar surface area (TPSA) is 12.0 Å². The first-order valence-electron chi connectivity index (χ1n) is 5.99. The summed E-state index contributed by atoms with van der Waals surface area (Å²) < 4.78 is 0. The molecule has 0 heterocycles. The van der Waals surface area contributed by atoms with Crippen LogP contribution >= 0.6 is 0 Å². The maximum Gasteiger partial charge on any atom is 0.0215 e. The SMILES string of the molecule is C#CC1CCCC(NCC2CC2C)C1. The second kappa shape index (κ2) is 4.36. The molecule has 0 aromatic carbocycles. The van der Waals surface area contributed by atoms with E-state index in [1.165, 1.54) is 38.6 Å². The predicted molar refractivity (Wildman–Crippen MR) is 59.9 cm³/mol. The Morgan fingerprint density at radius 1 is 1.36 bits per heavy atom. The number of terminal acetylenes is 1. The molecular formula is C13H21N. The van der Waals surface area contributed by atoms with Gasteiger partial charge in [0.2, 0.25) is 0 Å². The molecule has 2 rings (SSSR count). The zero-order chi connectivity index (χ0) is 9.97. The highest BCUT2D eigenvalue weighted by Gasteiger charge is 2.32. The quantitative estimate of drug-likeness (QED) is 0.676. The van der Waals surface area contributed by atoms with Crippen molar-refractivity contribution in [1.29, 1.82) is 0 Å². The molecule has 2 aliphatic rings. The van der Waals surface area contributed by atoms with E-state index >= 15 is 0 Å². The highest BCUT2D eigenvalue weighted by Crippen LogP contribution is 2.37. The van der Waals surface area contributed by atoms with Crippen molar-refractivity contribution in [1.82, 2.24) is 5.32 Å². The zero-order valence-corrected chi connectivity index (χ0v) is 9.13. The Bertz CT molecular complexity index is 228. The maximum absolute atomic E-state index is 5.48. The van der Waals surface area contributed by atoms with Gasteiger partial charge in [-0.3, -0.25) is 0 Å². The van der Waals surface area contributed by atoms with Crippen molar-refractivity contribution >= 4 is 0 Å². The van der Waals surface area contributed by atoms with Crippen LogP contribution in [0.25, 0.3) is 0 Å². The van der Waals surface area contributed by atoms with Gasteiger partial charge in [0.15, 0.2) is 0 Å². The van der Waals surface area contributed by atoms with Crippen molar-refractivity contribution in [3.05, 3.63) is 0 Å². The van der Waals surface area contributed by atoms with E-state index in [-0.39, 0.29) is 0 Å².